The quantitative estimate of drug-likeness (QED) is 0.918. The molecule has 2 rings (SSSR count). The molecule has 1 aromatic carbocycles. The zero-order chi connectivity index (χ0) is 13.1. The third kappa shape index (κ3) is 3.15. The minimum absolute atomic E-state index is 0.239. The summed E-state index contributed by atoms with van der Waals surface area (Å²) < 4.78 is 5.07. The Morgan fingerprint density at radius 1 is 1.33 bits per heavy atom. The van der Waals surface area contributed by atoms with Gasteiger partial charge in [-0.05, 0) is 17.7 Å². The number of hydrogen-bond donors (Lipinski definition) is 1. The van der Waals surface area contributed by atoms with E-state index in [1.165, 1.54) is 0 Å². The highest BCUT2D eigenvalue weighted by atomic mass is 35.5. The molecule has 0 amide bonds. The van der Waals surface area contributed by atoms with Crippen LogP contribution in [0.25, 0.3) is 0 Å². The van der Waals surface area contributed by atoms with E-state index >= 15 is 0 Å². The van der Waals surface area contributed by atoms with Crippen molar-refractivity contribution >= 4 is 29.2 Å². The molecule has 0 saturated heterocycles. The molecule has 2 aromatic rings. The van der Waals surface area contributed by atoms with E-state index in [1.54, 1.807) is 12.1 Å². The summed E-state index contributed by atoms with van der Waals surface area (Å²) in [6, 6.07) is 5.74. The molecule has 0 radical (unpaired) electrons. The summed E-state index contributed by atoms with van der Waals surface area (Å²) in [5, 5.41) is 8.11. The van der Waals surface area contributed by atoms with E-state index in [4.69, 9.17) is 27.7 Å². The van der Waals surface area contributed by atoms with Crippen molar-refractivity contribution in [1.82, 2.24) is 10.1 Å². The lowest BCUT2D eigenvalue weighted by Crippen LogP contribution is -2.00. The summed E-state index contributed by atoms with van der Waals surface area (Å²) in [5.74, 6) is 0.920. The molecule has 0 fully saturated rings. The molecule has 0 aliphatic carbocycles. The van der Waals surface area contributed by atoms with Crippen molar-refractivity contribution in [1.29, 1.82) is 0 Å². The lowest BCUT2D eigenvalue weighted by molar-refractivity contribution is 0.419. The van der Waals surface area contributed by atoms with Crippen LogP contribution in [0.4, 0.5) is 6.01 Å². The molecule has 0 bridgehead atoms. The van der Waals surface area contributed by atoms with Gasteiger partial charge in [0.05, 0.1) is 0 Å². The minimum atomic E-state index is 0.239. The van der Waals surface area contributed by atoms with Gasteiger partial charge in [0.1, 0.15) is 0 Å². The van der Waals surface area contributed by atoms with Gasteiger partial charge < -0.3 is 9.84 Å². The molecule has 0 saturated carbocycles. The summed E-state index contributed by atoms with van der Waals surface area (Å²) in [4.78, 5) is 4.21. The molecule has 0 aliphatic rings. The van der Waals surface area contributed by atoms with Gasteiger partial charge in [-0.15, -0.1) is 0 Å². The lowest BCUT2D eigenvalue weighted by atomic mass is 10.2. The number of benzene rings is 1. The van der Waals surface area contributed by atoms with E-state index in [1.807, 2.05) is 19.9 Å². The van der Waals surface area contributed by atoms with Crippen LogP contribution in [0, 0.1) is 0 Å². The Bertz CT molecular complexity index is 540. The van der Waals surface area contributed by atoms with Gasteiger partial charge in [-0.1, -0.05) is 48.3 Å². The average Bonchev–Trinajstić information content (AvgIpc) is 2.76. The summed E-state index contributed by atoms with van der Waals surface area (Å²) in [5.41, 5.74) is 0.922. The Balaban J connectivity index is 2.02. The second kappa shape index (κ2) is 5.59. The monoisotopic (exact) mass is 285 g/mol. The van der Waals surface area contributed by atoms with Crippen molar-refractivity contribution in [3.05, 3.63) is 39.6 Å². The smallest absolute Gasteiger partial charge is 0.321 e. The molecule has 96 valence electrons. The molecular formula is C12H13Cl2N3O. The summed E-state index contributed by atoms with van der Waals surface area (Å²) >= 11 is 11.9. The van der Waals surface area contributed by atoms with Crippen molar-refractivity contribution in [3.8, 4) is 0 Å². The molecular weight excluding hydrogens is 273 g/mol. The first-order valence-corrected chi connectivity index (χ1v) is 6.33. The first-order chi connectivity index (χ1) is 8.56. The number of nitrogens with one attached hydrogen (secondary N) is 1. The van der Waals surface area contributed by atoms with Gasteiger partial charge in [-0.25, -0.2) is 0 Å². The van der Waals surface area contributed by atoms with Gasteiger partial charge in [-0.2, -0.15) is 4.98 Å². The van der Waals surface area contributed by atoms with Crippen molar-refractivity contribution in [2.45, 2.75) is 26.3 Å². The Hall–Kier alpha value is -1.26. The maximum absolute atomic E-state index is 6.06. The van der Waals surface area contributed by atoms with Gasteiger partial charge in [0.15, 0.2) is 5.82 Å². The number of nitrogens with zero attached hydrogens (tertiary/aromatic N) is 2. The van der Waals surface area contributed by atoms with Crippen LogP contribution in [-0.4, -0.2) is 10.1 Å². The average molecular weight is 286 g/mol. The van der Waals surface area contributed by atoms with Gasteiger partial charge in [0, 0.05) is 22.5 Å². The van der Waals surface area contributed by atoms with E-state index in [0.29, 0.717) is 28.4 Å². The minimum Gasteiger partial charge on any atom is -0.334 e. The number of hydrogen-bond acceptors (Lipinski definition) is 4. The molecule has 1 aromatic heterocycles. The van der Waals surface area contributed by atoms with Gasteiger partial charge >= 0.3 is 6.01 Å². The lowest BCUT2D eigenvalue weighted by Gasteiger charge is -2.04. The van der Waals surface area contributed by atoms with Crippen LogP contribution >= 0.6 is 23.2 Å². The maximum Gasteiger partial charge on any atom is 0.321 e. The van der Waals surface area contributed by atoms with Crippen LogP contribution in [0.5, 0.6) is 0 Å². The summed E-state index contributed by atoms with van der Waals surface area (Å²) in [6.45, 7) is 4.52. The number of rotatable bonds is 4. The zero-order valence-corrected chi connectivity index (χ0v) is 11.6. The van der Waals surface area contributed by atoms with Gasteiger partial charge in [0.25, 0.3) is 0 Å². The van der Waals surface area contributed by atoms with Crippen molar-refractivity contribution in [3.63, 3.8) is 0 Å². The SMILES string of the molecule is CC(C)c1noc(NCc2ccc(Cl)cc2Cl)n1. The van der Waals surface area contributed by atoms with Crippen LogP contribution in [0.3, 0.4) is 0 Å². The zero-order valence-electron chi connectivity index (χ0n) is 10.1. The Morgan fingerprint density at radius 3 is 2.72 bits per heavy atom. The molecule has 1 N–H and O–H groups in total. The fraction of sp³-hybridized carbons (Fsp3) is 0.333. The predicted molar refractivity (Wildman–Crippen MR) is 72.2 cm³/mol. The van der Waals surface area contributed by atoms with Crippen molar-refractivity contribution in [2.24, 2.45) is 0 Å². The molecule has 6 heteroatoms. The van der Waals surface area contributed by atoms with E-state index in [0.717, 1.165) is 5.56 Å². The highest BCUT2D eigenvalue weighted by Gasteiger charge is 2.09. The highest BCUT2D eigenvalue weighted by molar-refractivity contribution is 6.35. The summed E-state index contributed by atoms with van der Waals surface area (Å²) in [6.07, 6.45) is 0. The first kappa shape index (κ1) is 13.2. The van der Waals surface area contributed by atoms with E-state index in [-0.39, 0.29) is 5.92 Å². The van der Waals surface area contributed by atoms with Crippen molar-refractivity contribution < 1.29 is 4.52 Å². The first-order valence-electron chi connectivity index (χ1n) is 5.57. The normalized spacial score (nSPS) is 10.9. The molecule has 0 unspecified atom stereocenters. The fourth-order valence-corrected chi connectivity index (χ4v) is 1.85. The fourth-order valence-electron chi connectivity index (χ4n) is 1.38. The second-order valence-corrected chi connectivity index (χ2v) is 5.05. The maximum atomic E-state index is 6.06. The number of aromatic nitrogens is 2. The molecule has 18 heavy (non-hydrogen) atoms. The predicted octanol–water partition coefficient (Wildman–Crippen LogP) is 4.11. The Labute approximate surface area is 115 Å². The topological polar surface area (TPSA) is 51.0 Å². The van der Waals surface area contributed by atoms with Gasteiger partial charge in [-0.3, -0.25) is 0 Å². The van der Waals surface area contributed by atoms with Crippen LogP contribution < -0.4 is 5.32 Å². The largest absolute Gasteiger partial charge is 0.334 e. The van der Waals surface area contributed by atoms with Crippen LogP contribution in [0.15, 0.2) is 22.7 Å². The molecule has 0 atom stereocenters. The molecule has 0 spiro atoms. The van der Waals surface area contributed by atoms with Crippen LogP contribution in [0.1, 0.15) is 31.2 Å². The Morgan fingerprint density at radius 2 is 2.11 bits per heavy atom. The highest BCUT2D eigenvalue weighted by Crippen LogP contribution is 2.22. The van der Waals surface area contributed by atoms with Gasteiger partial charge in [0.2, 0.25) is 0 Å². The molecule has 1 heterocycles. The standard InChI is InChI=1S/C12H13Cl2N3O/c1-7(2)11-16-12(18-17-11)15-6-8-3-4-9(13)5-10(8)14/h3-5,7H,6H2,1-2H3,(H,15,16,17). The number of halogens is 2. The van der Waals surface area contributed by atoms with Crippen molar-refractivity contribution in [2.75, 3.05) is 5.32 Å². The molecule has 0 aliphatic heterocycles. The summed E-state index contributed by atoms with van der Waals surface area (Å²) in [7, 11) is 0. The second-order valence-electron chi connectivity index (χ2n) is 4.20. The molecule has 4 nitrogen and oxygen atoms in total. The van der Waals surface area contributed by atoms with E-state index < -0.39 is 0 Å². The van der Waals surface area contributed by atoms with E-state index in [2.05, 4.69) is 15.5 Å². The van der Waals surface area contributed by atoms with E-state index in [9.17, 15) is 0 Å². The Kier molecular flexibility index (Phi) is 4.09. The van der Waals surface area contributed by atoms with Crippen LogP contribution in [-0.2, 0) is 6.54 Å². The van der Waals surface area contributed by atoms with Crippen LogP contribution in [0.2, 0.25) is 10.0 Å². The number of anilines is 1. The third-order valence-electron chi connectivity index (χ3n) is 2.40. The third-order valence-corrected chi connectivity index (χ3v) is 2.99.